The van der Waals surface area contributed by atoms with Gasteiger partial charge in [0.1, 0.15) is 0 Å². The Balaban J connectivity index is 0.000000321. The summed E-state index contributed by atoms with van der Waals surface area (Å²) in [5.41, 5.74) is 1.50. The summed E-state index contributed by atoms with van der Waals surface area (Å²) in [6.45, 7) is 6.72. The first-order valence-electron chi connectivity index (χ1n) is 9.22. The van der Waals surface area contributed by atoms with E-state index in [1.807, 2.05) is 6.07 Å². The smallest absolute Gasteiger partial charge is 0.328 e. The topological polar surface area (TPSA) is 121 Å². The van der Waals surface area contributed by atoms with Gasteiger partial charge in [0.05, 0.1) is 4.92 Å². The fraction of sp³-hybridized carbons (Fsp3) is 0.400. The van der Waals surface area contributed by atoms with Crippen molar-refractivity contribution in [2.24, 2.45) is 0 Å². The van der Waals surface area contributed by atoms with Crippen LogP contribution in [0.15, 0.2) is 35.7 Å². The molecular weight excluding hydrogens is 396 g/mol. The van der Waals surface area contributed by atoms with Gasteiger partial charge in [0, 0.05) is 40.4 Å². The molecule has 1 aromatic heterocycles. The van der Waals surface area contributed by atoms with Crippen molar-refractivity contribution in [2.75, 3.05) is 13.1 Å². The van der Waals surface area contributed by atoms with Crippen LogP contribution in [-0.2, 0) is 9.59 Å². The second kappa shape index (κ2) is 10.1. The Morgan fingerprint density at radius 1 is 1.21 bits per heavy atom. The van der Waals surface area contributed by atoms with E-state index in [1.165, 1.54) is 5.56 Å². The van der Waals surface area contributed by atoms with Gasteiger partial charge < -0.3 is 15.1 Å². The maximum atomic E-state index is 11.0. The Kier molecular flexibility index (Phi) is 7.86. The van der Waals surface area contributed by atoms with Crippen LogP contribution in [0, 0.1) is 10.1 Å². The third-order valence-corrected chi connectivity index (χ3v) is 5.85. The van der Waals surface area contributed by atoms with Crippen molar-refractivity contribution >= 4 is 39.0 Å². The summed E-state index contributed by atoms with van der Waals surface area (Å²) in [6.07, 6.45) is 3.41. The van der Waals surface area contributed by atoms with Crippen molar-refractivity contribution in [3.8, 4) is 0 Å². The van der Waals surface area contributed by atoms with Crippen molar-refractivity contribution in [2.45, 2.75) is 38.6 Å². The minimum Gasteiger partial charge on any atom is -0.478 e. The summed E-state index contributed by atoms with van der Waals surface area (Å²) in [6, 6.07) is 5.83. The number of hydrogen-bond donors (Lipinski definition) is 2. The lowest BCUT2D eigenvalue weighted by molar-refractivity contribution is -0.384. The minimum atomic E-state index is -1.26. The third-order valence-electron chi connectivity index (χ3n) is 4.87. The summed E-state index contributed by atoms with van der Waals surface area (Å²) >= 11 is 1.70. The minimum absolute atomic E-state index is 0.196. The van der Waals surface area contributed by atoms with Crippen LogP contribution in [0.3, 0.4) is 0 Å². The van der Waals surface area contributed by atoms with E-state index >= 15 is 0 Å². The number of nitro benzene ring substituents is 1. The summed E-state index contributed by atoms with van der Waals surface area (Å²) in [5, 5.41) is 29.9. The number of hydrogen-bond acceptors (Lipinski definition) is 6. The van der Waals surface area contributed by atoms with E-state index in [4.69, 9.17) is 10.2 Å². The molecule has 3 rings (SSSR count). The van der Waals surface area contributed by atoms with Gasteiger partial charge in [-0.1, -0.05) is 0 Å². The predicted molar refractivity (Wildman–Crippen MR) is 112 cm³/mol. The Morgan fingerprint density at radius 2 is 1.79 bits per heavy atom. The van der Waals surface area contributed by atoms with Gasteiger partial charge in [-0.3, -0.25) is 10.1 Å². The molecule has 0 saturated carbocycles. The second-order valence-corrected chi connectivity index (χ2v) is 7.95. The largest absolute Gasteiger partial charge is 0.478 e. The van der Waals surface area contributed by atoms with Crippen LogP contribution >= 0.6 is 11.3 Å². The maximum absolute atomic E-state index is 11.0. The highest BCUT2D eigenvalue weighted by atomic mass is 32.1. The number of thiophene rings is 1. The molecule has 0 unspecified atom stereocenters. The fourth-order valence-electron chi connectivity index (χ4n) is 3.34. The van der Waals surface area contributed by atoms with E-state index in [2.05, 4.69) is 24.1 Å². The summed E-state index contributed by atoms with van der Waals surface area (Å²) in [4.78, 5) is 32.3. The number of aliphatic carboxylic acids is 2. The van der Waals surface area contributed by atoms with Gasteiger partial charge in [-0.2, -0.15) is 0 Å². The lowest BCUT2D eigenvalue weighted by atomic mass is 9.88. The van der Waals surface area contributed by atoms with E-state index in [0.29, 0.717) is 24.1 Å². The van der Waals surface area contributed by atoms with Crippen LogP contribution in [0.25, 0.3) is 10.1 Å². The van der Waals surface area contributed by atoms with Gasteiger partial charge in [-0.25, -0.2) is 9.59 Å². The zero-order valence-electron chi connectivity index (χ0n) is 16.3. The normalized spacial score (nSPS) is 15.4. The van der Waals surface area contributed by atoms with E-state index in [-0.39, 0.29) is 10.6 Å². The van der Waals surface area contributed by atoms with Crippen molar-refractivity contribution in [1.82, 2.24) is 4.90 Å². The highest BCUT2D eigenvalue weighted by Crippen LogP contribution is 2.38. The molecule has 1 saturated heterocycles. The Bertz CT molecular complexity index is 897. The van der Waals surface area contributed by atoms with Crippen LogP contribution in [0.5, 0.6) is 0 Å². The first-order valence-corrected chi connectivity index (χ1v) is 10.1. The molecule has 0 spiro atoms. The molecule has 1 aromatic carbocycles. The molecule has 1 fully saturated rings. The van der Waals surface area contributed by atoms with E-state index < -0.39 is 11.9 Å². The number of piperidine rings is 1. The summed E-state index contributed by atoms with van der Waals surface area (Å²) < 4.78 is 1.15. The van der Waals surface area contributed by atoms with Gasteiger partial charge in [-0.15, -0.1) is 11.3 Å². The van der Waals surface area contributed by atoms with Crippen molar-refractivity contribution in [3.63, 3.8) is 0 Å². The number of likely N-dealkylation sites (tertiary alicyclic amines) is 1. The van der Waals surface area contributed by atoms with Crippen LogP contribution in [0.2, 0.25) is 0 Å². The molecule has 0 bridgehead atoms. The van der Waals surface area contributed by atoms with Crippen LogP contribution in [0.1, 0.15) is 38.2 Å². The number of rotatable bonds is 5. The van der Waals surface area contributed by atoms with Gasteiger partial charge in [0.2, 0.25) is 0 Å². The molecular formula is C20H24N2O6S. The van der Waals surface area contributed by atoms with E-state index in [0.717, 1.165) is 36.0 Å². The van der Waals surface area contributed by atoms with Gasteiger partial charge >= 0.3 is 11.9 Å². The molecule has 156 valence electrons. The highest BCUT2D eigenvalue weighted by molar-refractivity contribution is 7.17. The van der Waals surface area contributed by atoms with Gasteiger partial charge in [-0.05, 0) is 62.7 Å². The van der Waals surface area contributed by atoms with Crippen molar-refractivity contribution in [3.05, 3.63) is 51.4 Å². The van der Waals surface area contributed by atoms with Crippen LogP contribution in [-0.4, -0.2) is 51.1 Å². The zero-order chi connectivity index (χ0) is 21.6. The number of fused-ring (bicyclic) bond motifs is 1. The highest BCUT2D eigenvalue weighted by Gasteiger charge is 2.24. The van der Waals surface area contributed by atoms with Crippen LogP contribution in [0.4, 0.5) is 5.69 Å². The molecule has 0 radical (unpaired) electrons. The molecule has 2 N–H and O–H groups in total. The molecule has 0 atom stereocenters. The monoisotopic (exact) mass is 420 g/mol. The fourth-order valence-corrected chi connectivity index (χ4v) is 4.36. The molecule has 0 aliphatic carbocycles. The standard InChI is InChI=1S/C16H20N2O2S.C4H4O4/c1-11(2)17-7-5-12(6-8-17)15-10-21-16-4-3-13(18(19)20)9-14(15)16;5-3(6)1-2-4(7)8/h3-4,9-12H,5-8H2,1-2H3;1-2H,(H,5,6)(H,7,8)/b;2-1-. The quantitative estimate of drug-likeness (QED) is 0.424. The number of nitro groups is 1. The molecule has 2 aromatic rings. The third kappa shape index (κ3) is 6.37. The van der Waals surface area contributed by atoms with Gasteiger partial charge in [0.15, 0.2) is 0 Å². The number of benzene rings is 1. The maximum Gasteiger partial charge on any atom is 0.328 e. The SMILES string of the molecule is CC(C)N1CCC(c2csc3ccc([N+](=O)[O-])cc23)CC1.O=C(O)/C=C\C(=O)O. The van der Waals surface area contributed by atoms with Crippen LogP contribution < -0.4 is 0 Å². The average molecular weight is 420 g/mol. The molecule has 0 amide bonds. The first kappa shape index (κ1) is 22.5. The number of non-ortho nitro benzene ring substituents is 1. The Labute approximate surface area is 172 Å². The number of nitrogens with zero attached hydrogens (tertiary/aromatic N) is 2. The summed E-state index contributed by atoms with van der Waals surface area (Å²) in [5.74, 6) is -1.98. The average Bonchev–Trinajstić information content (AvgIpc) is 3.10. The predicted octanol–water partition coefficient (Wildman–Crippen LogP) is 4.11. The molecule has 1 aliphatic heterocycles. The second-order valence-electron chi connectivity index (χ2n) is 7.04. The molecule has 29 heavy (non-hydrogen) atoms. The Morgan fingerprint density at radius 3 is 2.28 bits per heavy atom. The Hall–Kier alpha value is -2.78. The molecule has 9 heteroatoms. The number of carboxylic acids is 2. The van der Waals surface area contributed by atoms with E-state index in [9.17, 15) is 19.7 Å². The molecule has 2 heterocycles. The lowest BCUT2D eigenvalue weighted by Gasteiger charge is -2.34. The first-order chi connectivity index (χ1) is 13.7. The zero-order valence-corrected chi connectivity index (χ0v) is 17.1. The van der Waals surface area contributed by atoms with E-state index in [1.54, 1.807) is 23.5 Å². The number of carbonyl (C=O) groups is 2. The van der Waals surface area contributed by atoms with Crippen molar-refractivity contribution < 1.29 is 24.7 Å². The summed E-state index contributed by atoms with van der Waals surface area (Å²) in [7, 11) is 0. The molecule has 8 nitrogen and oxygen atoms in total. The lowest BCUT2D eigenvalue weighted by Crippen LogP contribution is -2.37. The van der Waals surface area contributed by atoms with Crippen molar-refractivity contribution in [1.29, 1.82) is 0 Å². The molecule has 1 aliphatic rings. The van der Waals surface area contributed by atoms with Gasteiger partial charge in [0.25, 0.3) is 5.69 Å². The number of carboxylic acid groups (broad SMARTS) is 2.